The Morgan fingerprint density at radius 3 is 2.52 bits per heavy atom. The van der Waals surface area contributed by atoms with Gasteiger partial charge in [0.15, 0.2) is 5.13 Å². The predicted molar refractivity (Wildman–Crippen MR) is 118 cm³/mol. The minimum absolute atomic E-state index is 0.00132. The smallest absolute Gasteiger partial charge is 0.254 e. The number of aromatic nitrogens is 1. The number of carbonyl (C=O) groups excluding carboxylic acids is 2. The molecule has 29 heavy (non-hydrogen) atoms. The maximum absolute atomic E-state index is 12.8. The number of hydrogen-bond acceptors (Lipinski definition) is 4. The van der Waals surface area contributed by atoms with Gasteiger partial charge >= 0.3 is 0 Å². The summed E-state index contributed by atoms with van der Waals surface area (Å²) in [5, 5.41) is 3.65. The molecule has 1 N–H and O–H groups in total. The summed E-state index contributed by atoms with van der Waals surface area (Å²) < 4.78 is 1.09. The molecule has 1 saturated heterocycles. The van der Waals surface area contributed by atoms with Crippen LogP contribution >= 0.6 is 11.3 Å². The molecule has 5 nitrogen and oxygen atoms in total. The molecule has 150 valence electrons. The molecule has 1 fully saturated rings. The van der Waals surface area contributed by atoms with Crippen molar-refractivity contribution < 1.29 is 9.59 Å². The first-order valence-corrected chi connectivity index (χ1v) is 10.8. The monoisotopic (exact) mass is 407 g/mol. The van der Waals surface area contributed by atoms with Crippen LogP contribution < -0.4 is 5.32 Å². The van der Waals surface area contributed by atoms with Crippen LogP contribution in [0.3, 0.4) is 0 Å². The molecule has 0 spiro atoms. The highest BCUT2D eigenvalue weighted by atomic mass is 32.1. The molecule has 2 aromatic carbocycles. The zero-order valence-electron chi connectivity index (χ0n) is 17.0. The summed E-state index contributed by atoms with van der Waals surface area (Å²) in [5.74, 6) is -0.0360. The summed E-state index contributed by atoms with van der Waals surface area (Å²) in [6, 6.07) is 11.9. The molecule has 0 bridgehead atoms. The maximum Gasteiger partial charge on any atom is 0.254 e. The van der Waals surface area contributed by atoms with E-state index in [9.17, 15) is 9.59 Å². The molecule has 3 aromatic rings. The average Bonchev–Trinajstić information content (AvgIpc) is 3.10. The molecule has 1 aromatic heterocycles. The molecule has 0 aliphatic carbocycles. The summed E-state index contributed by atoms with van der Waals surface area (Å²) >= 11 is 1.51. The molecule has 6 heteroatoms. The van der Waals surface area contributed by atoms with Crippen LogP contribution in [0.2, 0.25) is 0 Å². The van der Waals surface area contributed by atoms with Crippen LogP contribution in [-0.4, -0.2) is 34.8 Å². The van der Waals surface area contributed by atoms with Crippen molar-refractivity contribution in [3.63, 3.8) is 0 Å². The lowest BCUT2D eigenvalue weighted by molar-refractivity contribution is -0.121. The van der Waals surface area contributed by atoms with Crippen molar-refractivity contribution >= 4 is 38.5 Å². The molecule has 0 unspecified atom stereocenters. The van der Waals surface area contributed by atoms with Gasteiger partial charge in [0, 0.05) is 24.6 Å². The molecule has 4 rings (SSSR count). The molecule has 0 atom stereocenters. The van der Waals surface area contributed by atoms with Crippen molar-refractivity contribution in [2.24, 2.45) is 5.92 Å². The lowest BCUT2D eigenvalue weighted by atomic mass is 9.95. The Balaban J connectivity index is 1.39. The Hall–Kier alpha value is -2.73. The summed E-state index contributed by atoms with van der Waals surface area (Å²) in [6.45, 7) is 7.26. The van der Waals surface area contributed by atoms with Crippen molar-refractivity contribution in [3.05, 3.63) is 58.7 Å². The second-order valence-electron chi connectivity index (χ2n) is 7.82. The first-order valence-electron chi connectivity index (χ1n) is 9.96. The third kappa shape index (κ3) is 4.03. The van der Waals surface area contributed by atoms with Crippen LogP contribution in [0.4, 0.5) is 5.13 Å². The van der Waals surface area contributed by atoms with E-state index in [0.29, 0.717) is 31.1 Å². The highest BCUT2D eigenvalue weighted by Gasteiger charge is 2.28. The van der Waals surface area contributed by atoms with E-state index >= 15 is 0 Å². The van der Waals surface area contributed by atoms with Crippen LogP contribution in [0.25, 0.3) is 10.2 Å². The Labute approximate surface area is 174 Å². The van der Waals surface area contributed by atoms with Gasteiger partial charge in [0.05, 0.1) is 10.2 Å². The van der Waals surface area contributed by atoms with Gasteiger partial charge in [-0.3, -0.25) is 9.59 Å². The normalized spacial score (nSPS) is 14.9. The lowest BCUT2D eigenvalue weighted by Crippen LogP contribution is -2.41. The van der Waals surface area contributed by atoms with Gasteiger partial charge in [-0.1, -0.05) is 35.6 Å². The molecular formula is C23H25N3O2S. The van der Waals surface area contributed by atoms with Crippen molar-refractivity contribution in [2.45, 2.75) is 33.6 Å². The summed E-state index contributed by atoms with van der Waals surface area (Å²) in [6.07, 6.45) is 1.35. The Kier molecular flexibility index (Phi) is 5.37. The molecule has 1 aliphatic rings. The van der Waals surface area contributed by atoms with E-state index in [1.54, 1.807) is 0 Å². The minimum Gasteiger partial charge on any atom is -0.339 e. The molecular weight excluding hydrogens is 382 g/mol. The number of aryl methyl sites for hydroxylation is 3. The quantitative estimate of drug-likeness (QED) is 0.684. The zero-order chi connectivity index (χ0) is 20.5. The predicted octanol–water partition coefficient (Wildman–Crippen LogP) is 4.71. The molecule has 0 saturated carbocycles. The van der Waals surface area contributed by atoms with E-state index in [1.165, 1.54) is 16.9 Å². The van der Waals surface area contributed by atoms with E-state index in [0.717, 1.165) is 26.9 Å². The number of benzene rings is 2. The number of piperidine rings is 1. The van der Waals surface area contributed by atoms with Gasteiger partial charge in [-0.05, 0) is 62.4 Å². The van der Waals surface area contributed by atoms with Crippen molar-refractivity contribution in [1.29, 1.82) is 0 Å². The number of fused-ring (bicyclic) bond motifs is 1. The molecule has 2 heterocycles. The SMILES string of the molecule is Cc1cc(C)c2nc(NC(=O)C3CCN(C(=O)c4ccccc4C)CC3)sc2c1. The number of nitrogens with one attached hydrogen (secondary N) is 1. The number of thiazole rings is 1. The van der Waals surface area contributed by atoms with E-state index < -0.39 is 0 Å². The lowest BCUT2D eigenvalue weighted by Gasteiger charge is -2.31. The van der Waals surface area contributed by atoms with Gasteiger partial charge < -0.3 is 10.2 Å². The molecule has 2 amide bonds. The maximum atomic E-state index is 12.8. The van der Waals surface area contributed by atoms with Crippen LogP contribution in [0, 0.1) is 26.7 Å². The number of likely N-dealkylation sites (tertiary alicyclic amines) is 1. The number of nitrogens with zero attached hydrogens (tertiary/aromatic N) is 2. The summed E-state index contributed by atoms with van der Waals surface area (Å²) in [7, 11) is 0. The molecule has 0 radical (unpaired) electrons. The van der Waals surface area contributed by atoms with Crippen molar-refractivity contribution in [3.8, 4) is 0 Å². The van der Waals surface area contributed by atoms with Gasteiger partial charge in [-0.15, -0.1) is 0 Å². The minimum atomic E-state index is -0.0919. The van der Waals surface area contributed by atoms with Crippen molar-refractivity contribution in [2.75, 3.05) is 18.4 Å². The van der Waals surface area contributed by atoms with Crippen LogP contribution in [-0.2, 0) is 4.79 Å². The number of carbonyl (C=O) groups is 2. The van der Waals surface area contributed by atoms with Gasteiger partial charge in [0.25, 0.3) is 5.91 Å². The van der Waals surface area contributed by atoms with Gasteiger partial charge in [0.1, 0.15) is 0 Å². The van der Waals surface area contributed by atoms with Crippen molar-refractivity contribution in [1.82, 2.24) is 9.88 Å². The fourth-order valence-corrected chi connectivity index (χ4v) is 5.00. The zero-order valence-corrected chi connectivity index (χ0v) is 17.8. The summed E-state index contributed by atoms with van der Waals surface area (Å²) in [4.78, 5) is 32.0. The van der Waals surface area contributed by atoms with E-state index in [1.807, 2.05) is 43.0 Å². The molecule has 1 aliphatic heterocycles. The second-order valence-corrected chi connectivity index (χ2v) is 8.85. The van der Waals surface area contributed by atoms with Crippen LogP contribution in [0.15, 0.2) is 36.4 Å². The average molecular weight is 408 g/mol. The number of amides is 2. The van der Waals surface area contributed by atoms with Gasteiger partial charge in [-0.25, -0.2) is 4.98 Å². The van der Waals surface area contributed by atoms with Gasteiger partial charge in [-0.2, -0.15) is 0 Å². The number of rotatable bonds is 3. The van der Waals surface area contributed by atoms with E-state index in [4.69, 9.17) is 0 Å². The fraction of sp³-hybridized carbons (Fsp3) is 0.348. The Morgan fingerprint density at radius 1 is 1.07 bits per heavy atom. The van der Waals surface area contributed by atoms with Crippen LogP contribution in [0.1, 0.15) is 39.9 Å². The first-order chi connectivity index (χ1) is 13.9. The second kappa shape index (κ2) is 7.95. The van der Waals surface area contributed by atoms with Crippen LogP contribution in [0.5, 0.6) is 0 Å². The fourth-order valence-electron chi connectivity index (χ4n) is 3.96. The third-order valence-corrected chi connectivity index (χ3v) is 6.51. The van der Waals surface area contributed by atoms with Gasteiger partial charge in [0.2, 0.25) is 5.91 Å². The highest BCUT2D eigenvalue weighted by Crippen LogP contribution is 2.30. The van der Waals surface area contributed by atoms with E-state index in [-0.39, 0.29) is 17.7 Å². The van der Waals surface area contributed by atoms with E-state index in [2.05, 4.69) is 29.4 Å². The topological polar surface area (TPSA) is 62.3 Å². The summed E-state index contributed by atoms with van der Waals surface area (Å²) in [5.41, 5.74) is 5.01. The third-order valence-electron chi connectivity index (χ3n) is 5.59. The standard InChI is InChI=1S/C23H25N3O2S/c1-14-12-16(3)20-19(13-14)29-23(24-20)25-21(27)17-8-10-26(11-9-17)22(28)18-7-5-4-6-15(18)2/h4-7,12-13,17H,8-11H2,1-3H3,(H,24,25,27). The first kappa shape index (κ1) is 19.6. The highest BCUT2D eigenvalue weighted by molar-refractivity contribution is 7.22. The Morgan fingerprint density at radius 2 is 1.79 bits per heavy atom. The number of anilines is 1. The largest absolute Gasteiger partial charge is 0.339 e. The Bertz CT molecular complexity index is 1080. The number of hydrogen-bond donors (Lipinski definition) is 1.